The highest BCUT2D eigenvalue weighted by Crippen LogP contribution is 2.04. The maximum absolute atomic E-state index is 4.11. The Morgan fingerprint density at radius 3 is 2.50 bits per heavy atom. The Kier molecular flexibility index (Phi) is 2.23. The van der Waals surface area contributed by atoms with Gasteiger partial charge in [-0.2, -0.15) is 0 Å². The Balaban J connectivity index is 2.89. The van der Waals surface area contributed by atoms with Gasteiger partial charge in [0.15, 0.2) is 20.8 Å². The molecule has 0 aliphatic rings. The molecule has 0 aliphatic carbocycles. The van der Waals surface area contributed by atoms with Gasteiger partial charge in [-0.25, -0.2) is 4.98 Å². The van der Waals surface area contributed by atoms with Gasteiger partial charge in [-0.3, -0.25) is 0 Å². The third-order valence-corrected chi connectivity index (χ3v) is 1.58. The molecule has 0 N–H and O–H groups in total. The summed E-state index contributed by atoms with van der Waals surface area (Å²) in [5, 5.41) is 0. The van der Waals surface area contributed by atoms with Crippen LogP contribution >= 0.6 is 0 Å². The zero-order valence-corrected chi connectivity index (χ0v) is 7.63. The average molecular weight is 162 g/mol. The molecule has 4 heteroatoms. The molecular weight excluding hydrogens is 156 g/mol. The largest absolute Gasteiger partial charge is 0.413 e. The molecule has 1 aromatic rings. The highest BCUT2D eigenvalue weighted by atomic mass is 28.2. The molecule has 0 saturated carbocycles. The van der Waals surface area contributed by atoms with Gasteiger partial charge in [0.25, 0.3) is 0 Å². The molecule has 0 aliphatic heterocycles. The molecule has 0 aromatic carbocycles. The van der Waals surface area contributed by atoms with Crippen molar-refractivity contribution >= 4 is 26.6 Å². The van der Waals surface area contributed by atoms with Crippen LogP contribution in [0.1, 0.15) is 5.56 Å². The minimum Gasteiger partial charge on any atom is -0.413 e. The molecule has 0 bridgehead atoms. The first-order chi connectivity index (χ1) is 4.70. The topological polar surface area (TPSA) is 16.1 Å². The lowest BCUT2D eigenvalue weighted by Crippen LogP contribution is -2.14. The fourth-order valence-corrected chi connectivity index (χ4v) is 0.857. The predicted octanol–water partition coefficient (Wildman–Crippen LogP) is 0.363. The number of aromatic nitrogens is 1. The summed E-state index contributed by atoms with van der Waals surface area (Å²) in [6.07, 6.45) is 1.81. The van der Waals surface area contributed by atoms with Gasteiger partial charge in [0.05, 0.1) is 0 Å². The molecule has 2 nitrogen and oxygen atoms in total. The van der Waals surface area contributed by atoms with Crippen molar-refractivity contribution in [3.05, 3.63) is 23.9 Å². The van der Waals surface area contributed by atoms with Crippen LogP contribution in [0.5, 0.6) is 0 Å². The highest BCUT2D eigenvalue weighted by molar-refractivity contribution is 6.41. The van der Waals surface area contributed by atoms with Crippen molar-refractivity contribution < 1.29 is 0 Å². The van der Waals surface area contributed by atoms with E-state index in [1.165, 1.54) is 0 Å². The van der Waals surface area contributed by atoms with E-state index < -0.39 is 0 Å². The molecule has 1 rings (SSSR count). The van der Waals surface area contributed by atoms with Gasteiger partial charge in [0, 0.05) is 6.20 Å². The third-order valence-electron chi connectivity index (χ3n) is 1.12. The van der Waals surface area contributed by atoms with Gasteiger partial charge in [-0.05, 0) is 18.6 Å². The van der Waals surface area contributed by atoms with Crippen LogP contribution in [0.3, 0.4) is 0 Å². The maximum Gasteiger partial charge on any atom is 0.180 e. The molecule has 0 atom stereocenters. The lowest BCUT2D eigenvalue weighted by atomic mass is 10.3. The van der Waals surface area contributed by atoms with Crippen LogP contribution in [-0.4, -0.2) is 25.8 Å². The molecule has 0 fully saturated rings. The van der Waals surface area contributed by atoms with Crippen LogP contribution in [0.15, 0.2) is 18.3 Å². The van der Waals surface area contributed by atoms with Crippen molar-refractivity contribution in [2.24, 2.45) is 0 Å². The standard InChI is InChI=1S/C6H6N2Si2/c1-5-2-3-6(7-4-5)8(9)10/h2-4H,1H3. The molecule has 6 radical (unpaired) electrons. The molecular formula is C6H6N2Si2. The number of nitrogens with zero attached hydrogens (tertiary/aromatic N) is 2. The van der Waals surface area contributed by atoms with Gasteiger partial charge in [-0.1, -0.05) is 6.07 Å². The van der Waals surface area contributed by atoms with Crippen LogP contribution < -0.4 is 4.23 Å². The summed E-state index contributed by atoms with van der Waals surface area (Å²) in [7, 11) is 6.48. The summed E-state index contributed by atoms with van der Waals surface area (Å²) in [6, 6.07) is 3.91. The zero-order chi connectivity index (χ0) is 7.56. The van der Waals surface area contributed by atoms with Crippen molar-refractivity contribution in [2.45, 2.75) is 6.92 Å². The normalized spacial score (nSPS) is 9.50. The van der Waals surface area contributed by atoms with Crippen molar-refractivity contribution in [3.8, 4) is 0 Å². The predicted molar refractivity (Wildman–Crippen MR) is 43.0 cm³/mol. The Bertz CT molecular complexity index is 207. The minimum absolute atomic E-state index is 0.832. The van der Waals surface area contributed by atoms with E-state index in [-0.39, 0.29) is 0 Å². The van der Waals surface area contributed by atoms with E-state index in [4.69, 9.17) is 0 Å². The number of hydrogen-bond acceptors (Lipinski definition) is 2. The first-order valence-corrected chi connectivity index (χ1v) is 3.75. The van der Waals surface area contributed by atoms with E-state index in [0.29, 0.717) is 0 Å². The Labute approximate surface area is 67.3 Å². The number of pyridine rings is 1. The fraction of sp³-hybridized carbons (Fsp3) is 0.167. The van der Waals surface area contributed by atoms with E-state index in [1.54, 1.807) is 4.23 Å². The van der Waals surface area contributed by atoms with Gasteiger partial charge in [0.2, 0.25) is 0 Å². The lowest BCUT2D eigenvalue weighted by molar-refractivity contribution is 1.25. The fourth-order valence-electron chi connectivity index (χ4n) is 0.592. The number of rotatable bonds is 1. The zero-order valence-electron chi connectivity index (χ0n) is 5.63. The van der Waals surface area contributed by atoms with Crippen molar-refractivity contribution in [3.63, 3.8) is 0 Å². The van der Waals surface area contributed by atoms with Crippen molar-refractivity contribution in [1.29, 1.82) is 0 Å². The van der Waals surface area contributed by atoms with Gasteiger partial charge >= 0.3 is 0 Å². The molecule has 1 heterocycles. The van der Waals surface area contributed by atoms with E-state index in [9.17, 15) is 0 Å². The summed E-state index contributed by atoms with van der Waals surface area (Å²) in [6.45, 7) is 2.00. The summed E-state index contributed by atoms with van der Waals surface area (Å²) in [5.41, 5.74) is 1.16. The van der Waals surface area contributed by atoms with Crippen LogP contribution in [0.4, 0.5) is 5.82 Å². The second-order valence-electron chi connectivity index (χ2n) is 2.03. The molecule has 10 heavy (non-hydrogen) atoms. The first kappa shape index (κ1) is 7.49. The molecule has 0 amide bonds. The maximum atomic E-state index is 4.11. The van der Waals surface area contributed by atoms with Crippen LogP contribution in [0.2, 0.25) is 0 Å². The van der Waals surface area contributed by atoms with Crippen LogP contribution in [-0.2, 0) is 0 Å². The van der Waals surface area contributed by atoms with E-state index in [0.717, 1.165) is 11.4 Å². The van der Waals surface area contributed by atoms with E-state index >= 15 is 0 Å². The molecule has 0 spiro atoms. The number of anilines is 1. The van der Waals surface area contributed by atoms with Gasteiger partial charge in [-0.15, -0.1) is 0 Å². The first-order valence-electron chi connectivity index (χ1n) is 2.85. The van der Waals surface area contributed by atoms with Crippen molar-refractivity contribution in [2.75, 3.05) is 4.23 Å². The van der Waals surface area contributed by atoms with Gasteiger partial charge < -0.3 is 4.23 Å². The summed E-state index contributed by atoms with van der Waals surface area (Å²) >= 11 is 0. The summed E-state index contributed by atoms with van der Waals surface area (Å²) < 4.78 is 1.60. The van der Waals surface area contributed by atoms with Crippen LogP contribution in [0, 0.1) is 6.92 Å². The molecule has 0 saturated heterocycles. The van der Waals surface area contributed by atoms with Crippen molar-refractivity contribution in [1.82, 2.24) is 4.98 Å². The molecule has 1 aromatic heterocycles. The SMILES string of the molecule is Cc1ccc(N([Si])[Si])nc1. The van der Waals surface area contributed by atoms with Gasteiger partial charge in [0.1, 0.15) is 5.82 Å². The number of hydrogen-bond donors (Lipinski definition) is 0. The Morgan fingerprint density at radius 1 is 1.40 bits per heavy atom. The minimum atomic E-state index is 0.832. The monoisotopic (exact) mass is 162 g/mol. The second kappa shape index (κ2) is 2.98. The molecule has 48 valence electrons. The third kappa shape index (κ3) is 1.68. The van der Waals surface area contributed by atoms with Crippen LogP contribution in [0.25, 0.3) is 0 Å². The smallest absolute Gasteiger partial charge is 0.180 e. The quantitative estimate of drug-likeness (QED) is 0.554. The average Bonchev–Trinajstić information content (AvgIpc) is 1.88. The van der Waals surface area contributed by atoms with E-state index in [1.807, 2.05) is 25.3 Å². The highest BCUT2D eigenvalue weighted by Gasteiger charge is 1.93. The Morgan fingerprint density at radius 2 is 2.10 bits per heavy atom. The number of aryl methyl sites for hydroxylation is 1. The van der Waals surface area contributed by atoms with E-state index in [2.05, 4.69) is 25.8 Å². The summed E-state index contributed by atoms with van der Waals surface area (Å²) in [5.74, 6) is 0.832. The second-order valence-corrected chi connectivity index (χ2v) is 3.37. The summed E-state index contributed by atoms with van der Waals surface area (Å²) in [4.78, 5) is 4.11. The lowest BCUT2D eigenvalue weighted by Gasteiger charge is -2.09. The Hall–Kier alpha value is -0.616. The molecule has 0 unspecified atom stereocenters.